The minimum Gasteiger partial charge on any atom is -0.392 e. The molecule has 2 saturated heterocycles. The van der Waals surface area contributed by atoms with Crippen LogP contribution in [0.25, 0.3) is 11.3 Å². The molecule has 2 fully saturated rings. The molecule has 3 amide bonds. The number of halogens is 1. The Balaban J connectivity index is 1.37. The molecular weight excluding hydrogens is 451 g/mol. The molecule has 3 aliphatic heterocycles. The van der Waals surface area contributed by atoms with Gasteiger partial charge in [-0.25, -0.2) is 4.39 Å². The number of carbonyl (C=O) groups excluding carboxylic acids is 3. The van der Waals surface area contributed by atoms with E-state index in [1.54, 1.807) is 30.5 Å². The number of amides is 3. The van der Waals surface area contributed by atoms with Crippen molar-refractivity contribution in [2.75, 3.05) is 13.1 Å². The molecule has 2 aromatic rings. The lowest BCUT2D eigenvalue weighted by atomic mass is 9.81. The fraction of sp³-hybridized carbons (Fsp3) is 0.462. The van der Waals surface area contributed by atoms with E-state index in [4.69, 9.17) is 0 Å². The van der Waals surface area contributed by atoms with Gasteiger partial charge in [-0.05, 0) is 36.6 Å². The lowest BCUT2D eigenvalue weighted by Crippen LogP contribution is -2.52. The predicted molar refractivity (Wildman–Crippen MR) is 125 cm³/mol. The Bertz CT molecular complexity index is 1210. The Kier molecular flexibility index (Phi) is 5.93. The quantitative estimate of drug-likeness (QED) is 0.651. The van der Waals surface area contributed by atoms with E-state index in [-0.39, 0.29) is 42.0 Å². The molecule has 3 aliphatic rings. The van der Waals surface area contributed by atoms with Crippen LogP contribution in [0, 0.1) is 11.2 Å². The summed E-state index contributed by atoms with van der Waals surface area (Å²) in [5.74, 6) is -1.46. The number of nitrogens with one attached hydrogen (secondary N) is 1. The van der Waals surface area contributed by atoms with Gasteiger partial charge in [0.05, 0.1) is 6.10 Å². The monoisotopic (exact) mass is 480 g/mol. The molecule has 1 aromatic carbocycles. The second-order valence-corrected chi connectivity index (χ2v) is 10.4. The molecular formula is C26H29FN4O4. The number of nitrogens with zero attached hydrogens (tertiary/aromatic N) is 3. The minimum atomic E-state index is -0.693. The fourth-order valence-corrected chi connectivity index (χ4v) is 5.36. The van der Waals surface area contributed by atoms with E-state index in [9.17, 15) is 19.5 Å². The smallest absolute Gasteiger partial charge is 0.255 e. The normalized spacial score (nSPS) is 24.5. The van der Waals surface area contributed by atoms with Gasteiger partial charge in [-0.15, -0.1) is 0 Å². The molecule has 0 spiro atoms. The first kappa shape index (κ1) is 23.6. The molecule has 0 aliphatic carbocycles. The number of hydrogen-bond acceptors (Lipinski definition) is 6. The van der Waals surface area contributed by atoms with Crippen molar-refractivity contribution in [3.8, 4) is 11.3 Å². The number of benzene rings is 1. The maximum atomic E-state index is 15.6. The zero-order valence-corrected chi connectivity index (χ0v) is 19.9. The van der Waals surface area contributed by atoms with E-state index in [1.165, 1.54) is 4.90 Å². The summed E-state index contributed by atoms with van der Waals surface area (Å²) in [6.45, 7) is 6.04. The number of aliphatic hydroxyl groups is 1. The second-order valence-electron chi connectivity index (χ2n) is 10.4. The average Bonchev–Trinajstić information content (AvgIpc) is 3.13. The molecule has 2 unspecified atom stereocenters. The van der Waals surface area contributed by atoms with E-state index in [2.05, 4.69) is 15.2 Å². The van der Waals surface area contributed by atoms with Crippen LogP contribution in [0.4, 0.5) is 4.39 Å². The highest BCUT2D eigenvalue weighted by molar-refractivity contribution is 6.05. The van der Waals surface area contributed by atoms with Crippen molar-refractivity contribution in [2.45, 2.75) is 58.3 Å². The highest BCUT2D eigenvalue weighted by Gasteiger charge is 2.39. The molecule has 8 nitrogen and oxygen atoms in total. The maximum absolute atomic E-state index is 15.6. The van der Waals surface area contributed by atoms with Gasteiger partial charge in [-0.1, -0.05) is 19.9 Å². The summed E-state index contributed by atoms with van der Waals surface area (Å²) in [5.41, 5.74) is 2.23. The third kappa shape index (κ3) is 4.34. The van der Waals surface area contributed by atoms with Crippen LogP contribution in [-0.2, 0) is 22.7 Å². The minimum absolute atomic E-state index is 0.191. The summed E-state index contributed by atoms with van der Waals surface area (Å²) in [4.78, 5) is 44.6. The van der Waals surface area contributed by atoms with E-state index < -0.39 is 17.8 Å². The summed E-state index contributed by atoms with van der Waals surface area (Å²) in [6.07, 6.45) is 2.35. The van der Waals surface area contributed by atoms with Gasteiger partial charge < -0.3 is 10.0 Å². The number of aliphatic hydroxyl groups excluding tert-OH is 1. The number of rotatable bonds is 4. The zero-order chi connectivity index (χ0) is 24.9. The number of aromatic nitrogens is 1. The number of hydrogen-bond donors (Lipinski definition) is 2. The largest absolute Gasteiger partial charge is 0.392 e. The van der Waals surface area contributed by atoms with Gasteiger partial charge in [0, 0.05) is 60.9 Å². The Labute approximate surface area is 203 Å². The first-order valence-corrected chi connectivity index (χ1v) is 12.0. The van der Waals surface area contributed by atoms with E-state index >= 15 is 4.39 Å². The van der Waals surface area contributed by atoms with Crippen LogP contribution in [-0.4, -0.2) is 62.8 Å². The highest BCUT2D eigenvalue weighted by Crippen LogP contribution is 2.33. The molecule has 2 atom stereocenters. The van der Waals surface area contributed by atoms with Gasteiger partial charge in [0.1, 0.15) is 11.7 Å². The maximum Gasteiger partial charge on any atom is 0.255 e. The fourth-order valence-electron chi connectivity index (χ4n) is 5.36. The third-order valence-electron chi connectivity index (χ3n) is 7.41. The first-order chi connectivity index (χ1) is 16.6. The lowest BCUT2D eigenvalue weighted by molar-refractivity contribution is -0.136. The van der Waals surface area contributed by atoms with E-state index in [0.29, 0.717) is 54.7 Å². The topological polar surface area (TPSA) is 103 Å². The molecule has 0 bridgehead atoms. The molecule has 0 radical (unpaired) electrons. The van der Waals surface area contributed by atoms with E-state index in [0.717, 1.165) is 0 Å². The van der Waals surface area contributed by atoms with Crippen LogP contribution < -0.4 is 5.32 Å². The highest BCUT2D eigenvalue weighted by atomic mass is 19.1. The second kappa shape index (κ2) is 8.80. The molecule has 2 N–H and O–H groups in total. The molecule has 5 rings (SSSR count). The SMILES string of the molecule is CC1(C)CN(Cc2ccnc(-c3ccc4c(c3)CN(C3CCC(=O)NC3=O)C4=O)c2F)CCC1O. The van der Waals surface area contributed by atoms with Crippen molar-refractivity contribution < 1.29 is 23.9 Å². The van der Waals surface area contributed by atoms with Gasteiger partial charge in [0.25, 0.3) is 5.91 Å². The lowest BCUT2D eigenvalue weighted by Gasteiger charge is -2.41. The van der Waals surface area contributed by atoms with Crippen LogP contribution in [0.1, 0.15) is 54.6 Å². The van der Waals surface area contributed by atoms with Crippen molar-refractivity contribution in [1.82, 2.24) is 20.1 Å². The first-order valence-electron chi connectivity index (χ1n) is 12.0. The standard InChI is InChI=1S/C26H29FN4O4/c1-26(2)14-30(10-8-20(26)32)12-16-7-9-28-23(22(16)27)15-3-4-18-17(11-15)13-31(25(18)35)19-5-6-21(33)29-24(19)34/h3-4,7,9,11,19-20,32H,5-6,8,10,12-14H2,1-2H3,(H,29,33,34). The van der Waals surface area contributed by atoms with Gasteiger partial charge in [0.2, 0.25) is 11.8 Å². The molecule has 0 saturated carbocycles. The van der Waals surface area contributed by atoms with Gasteiger partial charge in [0.15, 0.2) is 5.82 Å². The summed E-state index contributed by atoms with van der Waals surface area (Å²) >= 11 is 0. The summed E-state index contributed by atoms with van der Waals surface area (Å²) in [5, 5.41) is 12.5. The molecule has 9 heteroatoms. The molecule has 1 aromatic heterocycles. The van der Waals surface area contributed by atoms with Gasteiger partial charge in [-0.3, -0.25) is 29.6 Å². The number of piperidine rings is 2. The Morgan fingerprint density at radius 3 is 2.74 bits per heavy atom. The van der Waals surface area contributed by atoms with Crippen molar-refractivity contribution in [1.29, 1.82) is 0 Å². The number of imide groups is 1. The van der Waals surface area contributed by atoms with Crippen molar-refractivity contribution in [2.24, 2.45) is 5.41 Å². The number of likely N-dealkylation sites (tertiary alicyclic amines) is 1. The number of fused-ring (bicyclic) bond motifs is 1. The Morgan fingerprint density at radius 2 is 2.00 bits per heavy atom. The van der Waals surface area contributed by atoms with Crippen molar-refractivity contribution in [3.05, 3.63) is 53.0 Å². The van der Waals surface area contributed by atoms with Gasteiger partial charge in [-0.2, -0.15) is 0 Å². The average molecular weight is 481 g/mol. The summed E-state index contributed by atoms with van der Waals surface area (Å²) < 4.78 is 15.6. The van der Waals surface area contributed by atoms with E-state index in [1.807, 2.05) is 13.8 Å². The third-order valence-corrected chi connectivity index (χ3v) is 7.41. The van der Waals surface area contributed by atoms with Crippen molar-refractivity contribution in [3.63, 3.8) is 0 Å². The van der Waals surface area contributed by atoms with Crippen LogP contribution >= 0.6 is 0 Å². The van der Waals surface area contributed by atoms with Crippen LogP contribution in [0.5, 0.6) is 0 Å². The summed E-state index contributed by atoms with van der Waals surface area (Å²) in [6, 6.07) is 6.08. The molecule has 184 valence electrons. The number of pyridine rings is 1. The predicted octanol–water partition coefficient (Wildman–Crippen LogP) is 2.24. The van der Waals surface area contributed by atoms with Gasteiger partial charge >= 0.3 is 0 Å². The van der Waals surface area contributed by atoms with Crippen LogP contribution in [0.2, 0.25) is 0 Å². The Morgan fingerprint density at radius 1 is 1.20 bits per heavy atom. The molecule has 35 heavy (non-hydrogen) atoms. The van der Waals surface area contributed by atoms with Crippen LogP contribution in [0.15, 0.2) is 30.5 Å². The summed E-state index contributed by atoms with van der Waals surface area (Å²) in [7, 11) is 0. The zero-order valence-electron chi connectivity index (χ0n) is 19.9. The molecule has 4 heterocycles. The Hall–Kier alpha value is -3.17. The van der Waals surface area contributed by atoms with Crippen LogP contribution in [0.3, 0.4) is 0 Å². The van der Waals surface area contributed by atoms with Crippen molar-refractivity contribution >= 4 is 17.7 Å². The number of carbonyl (C=O) groups is 3.